The van der Waals surface area contributed by atoms with Gasteiger partial charge in [0.25, 0.3) is 0 Å². The third-order valence-electron chi connectivity index (χ3n) is 4.04. The van der Waals surface area contributed by atoms with Crippen molar-refractivity contribution in [2.75, 3.05) is 0 Å². The Balaban J connectivity index is 0.00000196. The van der Waals surface area contributed by atoms with Crippen molar-refractivity contribution >= 4 is 23.2 Å². The Bertz CT molecular complexity index is 1070. The van der Waals surface area contributed by atoms with Gasteiger partial charge in [-0.05, 0) is 40.6 Å². The number of ether oxygens (including phenoxy) is 1. The van der Waals surface area contributed by atoms with Gasteiger partial charge in [-0.3, -0.25) is 0 Å². The molecule has 4 aromatic rings. The molecule has 0 aliphatic carbocycles. The van der Waals surface area contributed by atoms with E-state index in [4.69, 9.17) is 4.74 Å². The highest BCUT2D eigenvalue weighted by atomic mass is 35.5. The summed E-state index contributed by atoms with van der Waals surface area (Å²) in [5.74, 6) is 1.28. The summed E-state index contributed by atoms with van der Waals surface area (Å²) in [7, 11) is 0. The lowest BCUT2D eigenvalue weighted by Crippen LogP contribution is -1.98. The number of benzene rings is 3. The summed E-state index contributed by atoms with van der Waals surface area (Å²) in [5.41, 5.74) is 1.57. The Morgan fingerprint density at radius 1 is 1.00 bits per heavy atom. The number of hydrogen-bond donors (Lipinski definition) is 0. The van der Waals surface area contributed by atoms with Crippen molar-refractivity contribution in [1.29, 1.82) is 5.26 Å². The monoisotopic (exact) mass is 361 g/mol. The van der Waals surface area contributed by atoms with Crippen LogP contribution in [0.25, 0.3) is 10.8 Å². The van der Waals surface area contributed by atoms with Crippen LogP contribution in [0.2, 0.25) is 0 Å². The summed E-state index contributed by atoms with van der Waals surface area (Å²) in [5, 5.41) is 11.6. The van der Waals surface area contributed by atoms with Gasteiger partial charge in [0.2, 0.25) is 0 Å². The van der Waals surface area contributed by atoms with Gasteiger partial charge in [-0.2, -0.15) is 5.26 Å². The van der Waals surface area contributed by atoms with E-state index in [1.807, 2.05) is 59.3 Å². The van der Waals surface area contributed by atoms with Crippen molar-refractivity contribution in [3.8, 4) is 17.6 Å². The highest BCUT2D eigenvalue weighted by Crippen LogP contribution is 2.29. The van der Waals surface area contributed by atoms with Gasteiger partial charge >= 0.3 is 0 Å². The van der Waals surface area contributed by atoms with Gasteiger partial charge < -0.3 is 9.30 Å². The molecule has 0 radical (unpaired) electrons. The van der Waals surface area contributed by atoms with Crippen molar-refractivity contribution in [3.05, 3.63) is 90.5 Å². The molecule has 0 atom stereocenters. The molecule has 0 bridgehead atoms. The molecule has 1 aromatic heterocycles. The van der Waals surface area contributed by atoms with E-state index in [1.54, 1.807) is 18.6 Å². The maximum absolute atomic E-state index is 9.37. The van der Waals surface area contributed by atoms with E-state index in [1.165, 1.54) is 0 Å². The molecule has 5 heteroatoms. The first kappa shape index (κ1) is 17.5. The number of nitriles is 1. The fourth-order valence-electron chi connectivity index (χ4n) is 2.79. The number of fused-ring (bicyclic) bond motifs is 1. The third-order valence-corrected chi connectivity index (χ3v) is 4.04. The van der Waals surface area contributed by atoms with E-state index in [9.17, 15) is 5.26 Å². The van der Waals surface area contributed by atoms with Gasteiger partial charge in [-0.25, -0.2) is 4.98 Å². The first-order valence-electron chi connectivity index (χ1n) is 7.97. The summed E-state index contributed by atoms with van der Waals surface area (Å²) < 4.78 is 7.99. The minimum atomic E-state index is 0. The molecular formula is C21H16ClN3O. The van der Waals surface area contributed by atoms with Gasteiger partial charge in [0, 0.05) is 18.9 Å². The fraction of sp³-hybridized carbons (Fsp3) is 0.0476. The van der Waals surface area contributed by atoms with Crippen LogP contribution in [0.4, 0.5) is 0 Å². The smallest absolute Gasteiger partial charge is 0.145 e. The number of halogens is 1. The highest BCUT2D eigenvalue weighted by molar-refractivity contribution is 5.85. The van der Waals surface area contributed by atoms with E-state index in [2.05, 4.69) is 17.1 Å². The molecule has 3 aromatic carbocycles. The molecular weight excluding hydrogens is 346 g/mol. The lowest BCUT2D eigenvalue weighted by molar-refractivity contribution is 0.481. The van der Waals surface area contributed by atoms with Gasteiger partial charge in [0.05, 0.1) is 11.9 Å². The molecule has 0 saturated carbocycles. The fourth-order valence-corrected chi connectivity index (χ4v) is 2.79. The average molecular weight is 362 g/mol. The largest absolute Gasteiger partial charge is 0.456 e. The minimum absolute atomic E-state index is 0. The van der Waals surface area contributed by atoms with Crippen molar-refractivity contribution in [1.82, 2.24) is 9.55 Å². The Hall–Kier alpha value is -3.29. The van der Waals surface area contributed by atoms with Crippen LogP contribution in [-0.2, 0) is 6.54 Å². The van der Waals surface area contributed by atoms with Crippen molar-refractivity contribution in [3.63, 3.8) is 0 Å². The topological polar surface area (TPSA) is 50.8 Å². The number of imidazole rings is 1. The predicted molar refractivity (Wildman–Crippen MR) is 104 cm³/mol. The number of hydrogen-bond acceptors (Lipinski definition) is 3. The molecule has 4 rings (SSSR count). The van der Waals surface area contributed by atoms with Crippen LogP contribution in [0.15, 0.2) is 79.4 Å². The van der Waals surface area contributed by atoms with E-state index in [-0.39, 0.29) is 12.4 Å². The van der Waals surface area contributed by atoms with Crippen LogP contribution >= 0.6 is 12.4 Å². The van der Waals surface area contributed by atoms with Crippen molar-refractivity contribution in [2.45, 2.75) is 6.54 Å². The maximum atomic E-state index is 9.37. The van der Waals surface area contributed by atoms with Crippen LogP contribution in [0.1, 0.15) is 11.1 Å². The zero-order valence-electron chi connectivity index (χ0n) is 13.9. The Kier molecular flexibility index (Phi) is 5.21. The van der Waals surface area contributed by atoms with E-state index in [0.29, 0.717) is 17.9 Å². The van der Waals surface area contributed by atoms with Crippen LogP contribution in [0, 0.1) is 11.3 Å². The first-order chi connectivity index (χ1) is 12.3. The van der Waals surface area contributed by atoms with Gasteiger partial charge in [0.1, 0.15) is 17.6 Å². The van der Waals surface area contributed by atoms with Gasteiger partial charge in [0.15, 0.2) is 0 Å². The standard InChI is InChI=1S/C21H15N3O.ClH/c22-13-19-6-5-16(14-24-10-9-23-15-24)11-21(19)25-20-8-7-17-3-1-2-4-18(17)12-20;/h1-12,15H,14H2;1H. The average Bonchev–Trinajstić information content (AvgIpc) is 3.15. The molecule has 0 N–H and O–H groups in total. The number of nitrogens with zero attached hydrogens (tertiary/aromatic N) is 3. The summed E-state index contributed by atoms with van der Waals surface area (Å²) in [4.78, 5) is 4.05. The molecule has 128 valence electrons. The predicted octanol–water partition coefficient (Wildman–Crippen LogP) is 5.17. The summed E-state index contributed by atoms with van der Waals surface area (Å²) in [6, 6.07) is 21.9. The zero-order valence-corrected chi connectivity index (χ0v) is 14.7. The SMILES string of the molecule is Cl.N#Cc1ccc(Cn2ccnc2)cc1Oc1ccc2ccccc2c1. The van der Waals surface area contributed by atoms with Crippen LogP contribution < -0.4 is 4.74 Å². The molecule has 0 spiro atoms. The molecule has 0 saturated heterocycles. The van der Waals surface area contributed by atoms with Gasteiger partial charge in [-0.15, -0.1) is 12.4 Å². The van der Waals surface area contributed by atoms with E-state index < -0.39 is 0 Å². The van der Waals surface area contributed by atoms with Crippen molar-refractivity contribution < 1.29 is 4.74 Å². The van der Waals surface area contributed by atoms with Crippen LogP contribution in [0.5, 0.6) is 11.5 Å². The maximum Gasteiger partial charge on any atom is 0.145 e. The molecule has 1 heterocycles. The second-order valence-corrected chi connectivity index (χ2v) is 5.79. The first-order valence-corrected chi connectivity index (χ1v) is 7.97. The summed E-state index contributed by atoms with van der Waals surface area (Å²) in [6.07, 6.45) is 5.42. The van der Waals surface area contributed by atoms with Crippen LogP contribution in [-0.4, -0.2) is 9.55 Å². The van der Waals surface area contributed by atoms with Gasteiger partial charge in [-0.1, -0.05) is 36.4 Å². The molecule has 26 heavy (non-hydrogen) atoms. The Labute approximate surface area is 157 Å². The lowest BCUT2D eigenvalue weighted by atomic mass is 10.1. The highest BCUT2D eigenvalue weighted by Gasteiger charge is 2.08. The molecule has 4 nitrogen and oxygen atoms in total. The molecule has 0 amide bonds. The summed E-state index contributed by atoms with van der Waals surface area (Å²) >= 11 is 0. The Morgan fingerprint density at radius 3 is 2.62 bits per heavy atom. The van der Waals surface area contributed by atoms with Crippen LogP contribution in [0.3, 0.4) is 0 Å². The molecule has 0 unspecified atom stereocenters. The normalized spacial score (nSPS) is 10.1. The minimum Gasteiger partial charge on any atom is -0.456 e. The molecule has 0 fully saturated rings. The zero-order chi connectivity index (χ0) is 17.1. The number of aromatic nitrogens is 2. The van der Waals surface area contributed by atoms with E-state index in [0.717, 1.165) is 22.1 Å². The Morgan fingerprint density at radius 2 is 1.85 bits per heavy atom. The van der Waals surface area contributed by atoms with Crippen molar-refractivity contribution in [2.24, 2.45) is 0 Å². The second-order valence-electron chi connectivity index (χ2n) is 5.79. The quantitative estimate of drug-likeness (QED) is 0.503. The third kappa shape index (κ3) is 3.69. The molecule has 0 aliphatic heterocycles. The second kappa shape index (κ2) is 7.73. The number of rotatable bonds is 4. The van der Waals surface area contributed by atoms with E-state index >= 15 is 0 Å². The molecule has 0 aliphatic rings. The lowest BCUT2D eigenvalue weighted by Gasteiger charge is -2.11. The summed E-state index contributed by atoms with van der Waals surface area (Å²) in [6.45, 7) is 0.680.